The fourth-order valence-electron chi connectivity index (χ4n) is 1.99. The van der Waals surface area contributed by atoms with E-state index in [0.717, 1.165) is 15.5 Å². The lowest BCUT2D eigenvalue weighted by Gasteiger charge is -2.00. The van der Waals surface area contributed by atoms with Crippen LogP contribution >= 0.6 is 23.1 Å². The normalized spacial score (nSPS) is 10.5. The molecule has 0 unspecified atom stereocenters. The van der Waals surface area contributed by atoms with E-state index in [2.05, 4.69) is 4.98 Å². The molecule has 0 saturated heterocycles. The lowest BCUT2D eigenvalue weighted by molar-refractivity contribution is 0.0701. The number of rotatable bonds is 5. The van der Waals surface area contributed by atoms with Crippen LogP contribution in [0.5, 0.6) is 0 Å². The first-order chi connectivity index (χ1) is 10.7. The molecule has 3 aromatic rings. The summed E-state index contributed by atoms with van der Waals surface area (Å²) in [5.74, 6) is -0.363. The Bertz CT molecular complexity index is 770. The van der Waals surface area contributed by atoms with Gasteiger partial charge < -0.3 is 5.11 Å². The van der Waals surface area contributed by atoms with Gasteiger partial charge in [0, 0.05) is 16.2 Å². The Labute approximate surface area is 136 Å². The quantitative estimate of drug-likeness (QED) is 0.684. The predicted molar refractivity (Wildman–Crippen MR) is 90.5 cm³/mol. The van der Waals surface area contributed by atoms with Gasteiger partial charge >= 0.3 is 5.97 Å². The van der Waals surface area contributed by atoms with Crippen LogP contribution in [0.4, 0.5) is 0 Å². The number of nitrogens with zero attached hydrogens (tertiary/aromatic N) is 1. The van der Waals surface area contributed by atoms with Crippen LogP contribution in [-0.4, -0.2) is 16.1 Å². The number of carbonyl (C=O) groups is 1. The highest BCUT2D eigenvalue weighted by atomic mass is 32.2. The Hall–Kier alpha value is -2.11. The average molecular weight is 327 g/mol. The molecule has 0 saturated carbocycles. The standard InChI is InChI=1S/C17H13NO2S2/c19-17(20)15-14(11-21-13-9-5-2-6-10-13)18-16(22-15)12-7-3-1-4-8-12/h1-10H,11H2,(H,19,20). The van der Waals surface area contributed by atoms with E-state index >= 15 is 0 Å². The van der Waals surface area contributed by atoms with E-state index in [1.165, 1.54) is 11.3 Å². The highest BCUT2D eigenvalue weighted by Gasteiger charge is 2.18. The van der Waals surface area contributed by atoms with Crippen LogP contribution in [0.15, 0.2) is 65.6 Å². The van der Waals surface area contributed by atoms with Gasteiger partial charge in [-0.2, -0.15) is 0 Å². The summed E-state index contributed by atoms with van der Waals surface area (Å²) in [6, 6.07) is 19.6. The Balaban J connectivity index is 1.86. The summed E-state index contributed by atoms with van der Waals surface area (Å²) in [6.45, 7) is 0. The number of aromatic nitrogens is 1. The summed E-state index contributed by atoms with van der Waals surface area (Å²) < 4.78 is 0. The lowest BCUT2D eigenvalue weighted by Crippen LogP contribution is -1.97. The molecule has 110 valence electrons. The number of thioether (sulfide) groups is 1. The molecular weight excluding hydrogens is 314 g/mol. The van der Waals surface area contributed by atoms with Gasteiger partial charge in [0.2, 0.25) is 0 Å². The molecule has 1 aromatic heterocycles. The van der Waals surface area contributed by atoms with Gasteiger partial charge in [-0.25, -0.2) is 9.78 Å². The molecule has 0 atom stereocenters. The second kappa shape index (κ2) is 6.77. The van der Waals surface area contributed by atoms with Crippen LogP contribution < -0.4 is 0 Å². The number of hydrogen-bond donors (Lipinski definition) is 1. The summed E-state index contributed by atoms with van der Waals surface area (Å²) in [6.07, 6.45) is 0. The largest absolute Gasteiger partial charge is 0.477 e. The van der Waals surface area contributed by atoms with Crippen molar-refractivity contribution in [2.45, 2.75) is 10.6 Å². The summed E-state index contributed by atoms with van der Waals surface area (Å²) in [4.78, 5) is 17.4. The van der Waals surface area contributed by atoms with Crippen molar-refractivity contribution in [1.82, 2.24) is 4.98 Å². The van der Waals surface area contributed by atoms with E-state index < -0.39 is 5.97 Å². The fourth-order valence-corrected chi connectivity index (χ4v) is 3.87. The molecule has 3 nitrogen and oxygen atoms in total. The van der Waals surface area contributed by atoms with Crippen molar-refractivity contribution >= 4 is 29.1 Å². The maximum atomic E-state index is 11.4. The Kier molecular flexibility index (Phi) is 4.56. The van der Waals surface area contributed by atoms with Crippen molar-refractivity contribution < 1.29 is 9.90 Å². The SMILES string of the molecule is O=C(O)c1sc(-c2ccccc2)nc1CSc1ccccc1. The highest BCUT2D eigenvalue weighted by Crippen LogP contribution is 2.31. The molecule has 0 amide bonds. The molecule has 0 bridgehead atoms. The monoisotopic (exact) mass is 327 g/mol. The number of hydrogen-bond acceptors (Lipinski definition) is 4. The van der Waals surface area contributed by atoms with Gasteiger partial charge in [-0.15, -0.1) is 23.1 Å². The number of carboxylic acids is 1. The second-order valence-electron chi connectivity index (χ2n) is 4.57. The molecule has 0 aliphatic heterocycles. The fraction of sp³-hybridized carbons (Fsp3) is 0.0588. The number of thiazole rings is 1. The summed E-state index contributed by atoms with van der Waals surface area (Å²) in [5.41, 5.74) is 1.58. The maximum Gasteiger partial charge on any atom is 0.347 e. The van der Waals surface area contributed by atoms with Crippen molar-refractivity contribution in [3.05, 3.63) is 71.2 Å². The first-order valence-electron chi connectivity index (χ1n) is 6.70. The van der Waals surface area contributed by atoms with Gasteiger partial charge in [-0.3, -0.25) is 0 Å². The van der Waals surface area contributed by atoms with Gasteiger partial charge in [0.1, 0.15) is 9.88 Å². The van der Waals surface area contributed by atoms with Crippen LogP contribution in [-0.2, 0) is 5.75 Å². The van der Waals surface area contributed by atoms with E-state index in [1.807, 2.05) is 60.7 Å². The van der Waals surface area contributed by atoms with Gasteiger partial charge in [0.15, 0.2) is 0 Å². The van der Waals surface area contributed by atoms with Crippen LogP contribution in [0.1, 0.15) is 15.4 Å². The Morgan fingerprint density at radius 3 is 2.32 bits per heavy atom. The van der Waals surface area contributed by atoms with Crippen molar-refractivity contribution in [2.24, 2.45) is 0 Å². The maximum absolute atomic E-state index is 11.4. The molecule has 3 rings (SSSR count). The van der Waals surface area contributed by atoms with Crippen molar-refractivity contribution in [1.29, 1.82) is 0 Å². The number of aromatic carboxylic acids is 1. The molecule has 0 aliphatic carbocycles. The zero-order valence-corrected chi connectivity index (χ0v) is 13.2. The van der Waals surface area contributed by atoms with Crippen molar-refractivity contribution in [2.75, 3.05) is 0 Å². The van der Waals surface area contributed by atoms with E-state index in [9.17, 15) is 9.90 Å². The predicted octanol–water partition coefficient (Wildman–Crippen LogP) is 4.80. The zero-order valence-electron chi connectivity index (χ0n) is 11.6. The summed E-state index contributed by atoms with van der Waals surface area (Å²) in [7, 11) is 0. The van der Waals surface area contributed by atoms with Gasteiger partial charge in [0.25, 0.3) is 0 Å². The molecule has 2 aromatic carbocycles. The second-order valence-corrected chi connectivity index (χ2v) is 6.62. The molecule has 5 heteroatoms. The first kappa shape index (κ1) is 14.8. The molecule has 0 aliphatic rings. The van der Waals surface area contributed by atoms with E-state index in [-0.39, 0.29) is 0 Å². The average Bonchev–Trinajstić information content (AvgIpc) is 2.99. The van der Waals surface area contributed by atoms with Crippen LogP contribution in [0.2, 0.25) is 0 Å². The molecule has 1 heterocycles. The molecule has 1 N–H and O–H groups in total. The number of carboxylic acid groups (broad SMARTS) is 1. The minimum atomic E-state index is -0.914. The summed E-state index contributed by atoms with van der Waals surface area (Å²) >= 11 is 2.83. The minimum Gasteiger partial charge on any atom is -0.477 e. The zero-order chi connectivity index (χ0) is 15.4. The van der Waals surface area contributed by atoms with E-state index in [0.29, 0.717) is 16.3 Å². The van der Waals surface area contributed by atoms with Gasteiger partial charge in [-0.05, 0) is 12.1 Å². The van der Waals surface area contributed by atoms with Gasteiger partial charge in [0.05, 0.1) is 5.69 Å². The molecule has 0 radical (unpaired) electrons. The van der Waals surface area contributed by atoms with Crippen LogP contribution in [0.3, 0.4) is 0 Å². The summed E-state index contributed by atoms with van der Waals surface area (Å²) in [5, 5.41) is 10.1. The third-order valence-corrected chi connectivity index (χ3v) is 5.19. The highest BCUT2D eigenvalue weighted by molar-refractivity contribution is 7.98. The van der Waals surface area contributed by atoms with Crippen molar-refractivity contribution in [3.8, 4) is 10.6 Å². The van der Waals surface area contributed by atoms with Crippen molar-refractivity contribution in [3.63, 3.8) is 0 Å². The molecule has 22 heavy (non-hydrogen) atoms. The molecular formula is C17H13NO2S2. The molecule has 0 spiro atoms. The smallest absolute Gasteiger partial charge is 0.347 e. The molecule has 0 fully saturated rings. The van der Waals surface area contributed by atoms with E-state index in [4.69, 9.17) is 0 Å². The first-order valence-corrected chi connectivity index (χ1v) is 8.50. The third kappa shape index (κ3) is 3.37. The lowest BCUT2D eigenvalue weighted by atomic mass is 10.2. The van der Waals surface area contributed by atoms with Crippen LogP contribution in [0.25, 0.3) is 10.6 Å². The minimum absolute atomic E-state index is 0.322. The van der Waals surface area contributed by atoms with E-state index in [1.54, 1.807) is 11.8 Å². The Morgan fingerprint density at radius 1 is 1.05 bits per heavy atom. The van der Waals surface area contributed by atoms with Crippen LogP contribution in [0, 0.1) is 0 Å². The van der Waals surface area contributed by atoms with Gasteiger partial charge in [-0.1, -0.05) is 48.5 Å². The third-order valence-electron chi connectivity index (χ3n) is 3.03. The topological polar surface area (TPSA) is 50.2 Å². The number of benzene rings is 2. The Morgan fingerprint density at radius 2 is 1.68 bits per heavy atom.